The Labute approximate surface area is 154 Å². The third kappa shape index (κ3) is 5.71. The summed E-state index contributed by atoms with van der Waals surface area (Å²) in [6, 6.07) is 5.52. The van der Waals surface area contributed by atoms with Crippen molar-refractivity contribution in [3.63, 3.8) is 0 Å². The van der Waals surface area contributed by atoms with Gasteiger partial charge in [-0.15, -0.1) is 0 Å². The highest BCUT2D eigenvalue weighted by Gasteiger charge is 2.17. The van der Waals surface area contributed by atoms with Gasteiger partial charge in [-0.2, -0.15) is 5.48 Å². The molecule has 2 heterocycles. The predicted octanol–water partition coefficient (Wildman–Crippen LogP) is 2.67. The molecule has 0 fully saturated rings. The Morgan fingerprint density at radius 1 is 1.32 bits per heavy atom. The number of hydroxylamine groups is 1. The summed E-state index contributed by atoms with van der Waals surface area (Å²) in [6.45, 7) is 5.92. The van der Waals surface area contributed by atoms with Gasteiger partial charge in [-0.25, -0.2) is 9.78 Å². The van der Waals surface area contributed by atoms with Gasteiger partial charge in [-0.05, 0) is 55.3 Å². The predicted molar refractivity (Wildman–Crippen MR) is 95.2 cm³/mol. The maximum Gasteiger partial charge on any atom is 0.431 e. The molecule has 2 N–H and O–H groups in total. The van der Waals surface area contributed by atoms with Crippen molar-refractivity contribution in [3.05, 3.63) is 34.8 Å². The fraction of sp³-hybridized carbons (Fsp3) is 0.438. The van der Waals surface area contributed by atoms with Gasteiger partial charge in [0.05, 0.1) is 12.1 Å². The number of halogens is 1. The zero-order valence-corrected chi connectivity index (χ0v) is 15.9. The van der Waals surface area contributed by atoms with Crippen molar-refractivity contribution in [2.24, 2.45) is 0 Å². The summed E-state index contributed by atoms with van der Waals surface area (Å²) in [6.07, 6.45) is 1.69. The number of nitrogens with zero attached hydrogens (tertiary/aromatic N) is 2. The van der Waals surface area contributed by atoms with Gasteiger partial charge in [0.1, 0.15) is 5.60 Å². The molecule has 0 atom stereocenters. The number of amides is 2. The van der Waals surface area contributed by atoms with E-state index in [-0.39, 0.29) is 12.5 Å². The smallest absolute Gasteiger partial charge is 0.431 e. The monoisotopic (exact) mass is 412 g/mol. The molecule has 9 heteroatoms. The zero-order valence-electron chi connectivity index (χ0n) is 14.3. The number of hydrogen-bond acceptors (Lipinski definition) is 5. The van der Waals surface area contributed by atoms with Crippen LogP contribution in [0.1, 0.15) is 37.7 Å². The van der Waals surface area contributed by atoms with Gasteiger partial charge in [0.15, 0.2) is 10.4 Å². The molecule has 0 aliphatic carbocycles. The molecule has 2 aromatic rings. The van der Waals surface area contributed by atoms with Crippen molar-refractivity contribution in [3.8, 4) is 0 Å². The average molecular weight is 413 g/mol. The maximum absolute atomic E-state index is 12.2. The van der Waals surface area contributed by atoms with Crippen LogP contribution in [0.3, 0.4) is 0 Å². The van der Waals surface area contributed by atoms with E-state index in [1.54, 1.807) is 25.2 Å². The topological polar surface area (TPSA) is 94.0 Å². The second-order valence-electron chi connectivity index (χ2n) is 6.25. The van der Waals surface area contributed by atoms with Crippen LogP contribution in [-0.2, 0) is 9.57 Å². The number of carbonyl (C=O) groups excluding carboxylic acids is 2. The number of rotatable bonds is 6. The SMILES string of the molecule is CC(C)(C)OC(=O)NOCCCNC(=O)c1nc(Br)n2ccccc12. The Hall–Kier alpha value is -2.13. The van der Waals surface area contributed by atoms with Crippen LogP contribution in [0.5, 0.6) is 0 Å². The molecule has 0 aliphatic heterocycles. The molecular weight excluding hydrogens is 392 g/mol. The summed E-state index contributed by atoms with van der Waals surface area (Å²) in [7, 11) is 0. The van der Waals surface area contributed by atoms with Crippen molar-refractivity contribution < 1.29 is 19.2 Å². The third-order valence-corrected chi connectivity index (χ3v) is 3.54. The summed E-state index contributed by atoms with van der Waals surface area (Å²) in [4.78, 5) is 32.8. The molecule has 0 spiro atoms. The Kier molecular flexibility index (Phi) is 6.38. The molecule has 0 saturated heterocycles. The van der Waals surface area contributed by atoms with E-state index < -0.39 is 11.7 Å². The highest BCUT2D eigenvalue weighted by molar-refractivity contribution is 9.10. The minimum absolute atomic E-state index is 0.243. The highest BCUT2D eigenvalue weighted by atomic mass is 79.9. The van der Waals surface area contributed by atoms with Gasteiger partial charge in [-0.1, -0.05) is 6.07 Å². The highest BCUT2D eigenvalue weighted by Crippen LogP contribution is 2.17. The van der Waals surface area contributed by atoms with Crippen LogP contribution in [0.4, 0.5) is 4.79 Å². The fourth-order valence-corrected chi connectivity index (χ4v) is 2.49. The van der Waals surface area contributed by atoms with Crippen LogP contribution in [0.15, 0.2) is 29.1 Å². The maximum atomic E-state index is 12.2. The lowest BCUT2D eigenvalue weighted by molar-refractivity contribution is -0.00816. The second-order valence-corrected chi connectivity index (χ2v) is 6.96. The zero-order chi connectivity index (χ0) is 18.4. The normalized spacial score (nSPS) is 11.4. The number of imidazole rings is 1. The van der Waals surface area contributed by atoms with Gasteiger partial charge in [-0.3, -0.25) is 14.0 Å². The van der Waals surface area contributed by atoms with Gasteiger partial charge in [0.2, 0.25) is 0 Å². The summed E-state index contributed by atoms with van der Waals surface area (Å²) in [5.74, 6) is -0.269. The van der Waals surface area contributed by atoms with Gasteiger partial charge in [0, 0.05) is 12.7 Å². The Morgan fingerprint density at radius 3 is 2.80 bits per heavy atom. The van der Waals surface area contributed by atoms with E-state index in [2.05, 4.69) is 31.7 Å². The van der Waals surface area contributed by atoms with Gasteiger partial charge < -0.3 is 10.1 Å². The van der Waals surface area contributed by atoms with Crippen molar-refractivity contribution in [1.82, 2.24) is 20.2 Å². The molecule has 0 saturated carbocycles. The third-order valence-electron chi connectivity index (χ3n) is 2.98. The molecule has 136 valence electrons. The number of ether oxygens (including phenoxy) is 1. The van der Waals surface area contributed by atoms with Crippen LogP contribution in [0.25, 0.3) is 5.52 Å². The van der Waals surface area contributed by atoms with Crippen LogP contribution in [-0.4, -0.2) is 40.1 Å². The van der Waals surface area contributed by atoms with Crippen LogP contribution < -0.4 is 10.8 Å². The van der Waals surface area contributed by atoms with Crippen molar-refractivity contribution in [2.45, 2.75) is 32.8 Å². The quantitative estimate of drug-likeness (QED) is 0.561. The Morgan fingerprint density at radius 2 is 2.08 bits per heavy atom. The number of hydrogen-bond donors (Lipinski definition) is 2. The van der Waals surface area contributed by atoms with Crippen molar-refractivity contribution in [1.29, 1.82) is 0 Å². The number of nitrogens with one attached hydrogen (secondary N) is 2. The number of carbonyl (C=O) groups is 2. The Balaban J connectivity index is 1.71. The average Bonchev–Trinajstić information content (AvgIpc) is 2.86. The summed E-state index contributed by atoms with van der Waals surface area (Å²) in [5, 5.41) is 2.77. The molecule has 0 radical (unpaired) electrons. The van der Waals surface area contributed by atoms with Crippen LogP contribution in [0.2, 0.25) is 0 Å². The van der Waals surface area contributed by atoms with Crippen molar-refractivity contribution in [2.75, 3.05) is 13.2 Å². The molecule has 0 aliphatic rings. The van der Waals surface area contributed by atoms with Gasteiger partial charge >= 0.3 is 6.09 Å². The van der Waals surface area contributed by atoms with Crippen molar-refractivity contribution >= 4 is 33.4 Å². The first kappa shape index (κ1) is 19.2. The summed E-state index contributed by atoms with van der Waals surface area (Å²) in [5.41, 5.74) is 2.68. The lowest BCUT2D eigenvalue weighted by atomic mass is 10.2. The molecule has 8 nitrogen and oxygen atoms in total. The minimum Gasteiger partial charge on any atom is -0.442 e. The standard InChI is InChI=1S/C16H21BrN4O4/c1-16(2,3)25-15(23)20-24-10-6-8-18-13(22)12-11-7-4-5-9-21(11)14(17)19-12/h4-5,7,9H,6,8,10H2,1-3H3,(H,18,22)(H,20,23). The molecule has 2 amide bonds. The lowest BCUT2D eigenvalue weighted by Gasteiger charge is -2.19. The lowest BCUT2D eigenvalue weighted by Crippen LogP contribution is -2.33. The second kappa shape index (κ2) is 8.30. The van der Waals surface area contributed by atoms with E-state index in [0.29, 0.717) is 23.4 Å². The number of pyridine rings is 1. The Bertz CT molecular complexity index is 754. The first-order chi connectivity index (χ1) is 11.8. The first-order valence-corrected chi connectivity index (χ1v) is 8.59. The molecule has 2 rings (SSSR count). The number of aromatic nitrogens is 2. The first-order valence-electron chi connectivity index (χ1n) is 7.79. The van der Waals surface area contributed by atoms with E-state index in [9.17, 15) is 9.59 Å². The van der Waals surface area contributed by atoms with E-state index in [1.807, 2.05) is 24.4 Å². The molecule has 2 aromatic heterocycles. The molecule has 25 heavy (non-hydrogen) atoms. The van der Waals surface area contributed by atoms with Gasteiger partial charge in [0.25, 0.3) is 5.91 Å². The molecule has 0 unspecified atom stereocenters. The summed E-state index contributed by atoms with van der Waals surface area (Å²) >= 11 is 3.32. The van der Waals surface area contributed by atoms with E-state index in [1.165, 1.54) is 0 Å². The largest absolute Gasteiger partial charge is 0.442 e. The molecule has 0 bridgehead atoms. The number of fused-ring (bicyclic) bond motifs is 1. The molecular formula is C16H21BrN4O4. The van der Waals surface area contributed by atoms with E-state index in [4.69, 9.17) is 9.57 Å². The van der Waals surface area contributed by atoms with E-state index in [0.717, 1.165) is 5.52 Å². The fourth-order valence-electron chi connectivity index (χ4n) is 2.01. The summed E-state index contributed by atoms with van der Waals surface area (Å²) < 4.78 is 7.37. The molecule has 0 aromatic carbocycles. The minimum atomic E-state index is -0.647. The van der Waals surface area contributed by atoms with Crippen LogP contribution >= 0.6 is 15.9 Å². The van der Waals surface area contributed by atoms with E-state index >= 15 is 0 Å². The van der Waals surface area contributed by atoms with Crippen LogP contribution in [0, 0.1) is 0 Å².